The molecule has 1 N–H and O–H groups in total. The molecule has 5 aromatic rings. The minimum atomic E-state index is -0.527. The van der Waals surface area contributed by atoms with Crippen LogP contribution in [0.5, 0.6) is 0 Å². The Balaban J connectivity index is 1.62. The van der Waals surface area contributed by atoms with Gasteiger partial charge in [0.2, 0.25) is 0 Å². The normalized spacial score (nSPS) is 11.2. The largest absolute Gasteiger partial charge is 0.299 e. The molecule has 3 aromatic heterocycles. The summed E-state index contributed by atoms with van der Waals surface area (Å²) in [6, 6.07) is 14.8. The number of hydrogen-bond donors (Lipinski definition) is 1. The van der Waals surface area contributed by atoms with Crippen LogP contribution in [0, 0.1) is 12.7 Å². The van der Waals surface area contributed by atoms with E-state index in [2.05, 4.69) is 20.7 Å². The highest BCUT2D eigenvalue weighted by atomic mass is 19.1. The number of amides is 1. The first kappa shape index (κ1) is 20.5. The van der Waals surface area contributed by atoms with Crippen LogP contribution in [0.15, 0.2) is 65.6 Å². The average Bonchev–Trinajstić information content (AvgIpc) is 3.20. The third kappa shape index (κ3) is 3.43. The Labute approximate surface area is 187 Å². The molecule has 0 fully saturated rings. The van der Waals surface area contributed by atoms with Crippen molar-refractivity contribution in [2.24, 2.45) is 0 Å². The van der Waals surface area contributed by atoms with Crippen LogP contribution in [0.2, 0.25) is 0 Å². The molecule has 164 valence electrons. The van der Waals surface area contributed by atoms with Crippen molar-refractivity contribution < 1.29 is 9.18 Å². The molecule has 0 aliphatic rings. The molecule has 3 heterocycles. The Hall–Kier alpha value is -4.40. The van der Waals surface area contributed by atoms with Gasteiger partial charge in [0.05, 0.1) is 11.3 Å². The average molecular weight is 442 g/mol. The SMILES string of the molecule is CCc1nn2c(nnc3c(=O)n(NC(=O)c4ccccc4C)ccc32)c1-c1ccc(F)cc1. The van der Waals surface area contributed by atoms with Crippen LogP contribution in [-0.4, -0.2) is 30.4 Å². The molecular weight excluding hydrogens is 423 g/mol. The van der Waals surface area contributed by atoms with Crippen molar-refractivity contribution >= 4 is 22.6 Å². The number of aryl methyl sites for hydroxylation is 2. The first-order valence-electron chi connectivity index (χ1n) is 10.4. The monoisotopic (exact) mass is 442 g/mol. The topological polar surface area (TPSA) is 94.2 Å². The van der Waals surface area contributed by atoms with Gasteiger partial charge in [-0.25, -0.2) is 13.6 Å². The maximum Gasteiger partial charge on any atom is 0.299 e. The lowest BCUT2D eigenvalue weighted by atomic mass is 10.0. The van der Waals surface area contributed by atoms with E-state index in [1.165, 1.54) is 18.3 Å². The van der Waals surface area contributed by atoms with Gasteiger partial charge >= 0.3 is 0 Å². The first-order valence-corrected chi connectivity index (χ1v) is 10.4. The zero-order chi connectivity index (χ0) is 23.1. The fourth-order valence-electron chi connectivity index (χ4n) is 3.84. The summed E-state index contributed by atoms with van der Waals surface area (Å²) in [5, 5.41) is 13.0. The number of benzene rings is 2. The van der Waals surface area contributed by atoms with Crippen LogP contribution in [0.1, 0.15) is 28.5 Å². The van der Waals surface area contributed by atoms with Gasteiger partial charge < -0.3 is 0 Å². The number of carbonyl (C=O) groups is 1. The second-order valence-corrected chi connectivity index (χ2v) is 7.60. The summed E-state index contributed by atoms with van der Waals surface area (Å²) in [6.45, 7) is 3.78. The Kier molecular flexibility index (Phi) is 4.93. The number of fused-ring (bicyclic) bond motifs is 3. The summed E-state index contributed by atoms with van der Waals surface area (Å²) < 4.78 is 16.1. The van der Waals surface area contributed by atoms with Crippen molar-refractivity contribution in [3.8, 4) is 11.1 Å². The van der Waals surface area contributed by atoms with E-state index in [1.807, 2.05) is 26.0 Å². The lowest BCUT2D eigenvalue weighted by molar-refractivity contribution is 0.101. The number of nitrogens with one attached hydrogen (secondary N) is 1. The fraction of sp³-hybridized carbons (Fsp3) is 0.125. The Bertz CT molecular complexity index is 1590. The fourth-order valence-corrected chi connectivity index (χ4v) is 3.84. The third-order valence-corrected chi connectivity index (χ3v) is 5.53. The van der Waals surface area contributed by atoms with E-state index < -0.39 is 11.5 Å². The molecule has 1 amide bonds. The van der Waals surface area contributed by atoms with Crippen molar-refractivity contribution in [2.45, 2.75) is 20.3 Å². The first-order chi connectivity index (χ1) is 16.0. The van der Waals surface area contributed by atoms with Crippen LogP contribution in [0.4, 0.5) is 4.39 Å². The Morgan fingerprint density at radius 3 is 2.55 bits per heavy atom. The molecule has 8 nitrogen and oxygen atoms in total. The Morgan fingerprint density at radius 2 is 1.82 bits per heavy atom. The van der Waals surface area contributed by atoms with Crippen LogP contribution in [0.3, 0.4) is 0 Å². The molecule has 0 unspecified atom stereocenters. The van der Waals surface area contributed by atoms with Crippen molar-refractivity contribution in [3.63, 3.8) is 0 Å². The maximum absolute atomic E-state index is 13.4. The number of hydrogen-bond acceptors (Lipinski definition) is 5. The zero-order valence-electron chi connectivity index (χ0n) is 17.9. The van der Waals surface area contributed by atoms with E-state index in [-0.39, 0.29) is 11.3 Å². The van der Waals surface area contributed by atoms with E-state index in [1.54, 1.807) is 34.8 Å². The number of pyridine rings is 1. The molecular formula is C24H19FN6O2. The van der Waals surface area contributed by atoms with Gasteiger partial charge in [-0.1, -0.05) is 37.3 Å². The van der Waals surface area contributed by atoms with Crippen molar-refractivity contribution in [2.75, 3.05) is 5.43 Å². The van der Waals surface area contributed by atoms with Crippen molar-refractivity contribution in [3.05, 3.63) is 93.8 Å². The van der Waals surface area contributed by atoms with Crippen LogP contribution >= 0.6 is 0 Å². The lowest BCUT2D eigenvalue weighted by Gasteiger charge is -2.10. The highest BCUT2D eigenvalue weighted by Gasteiger charge is 2.19. The molecule has 0 saturated carbocycles. The van der Waals surface area contributed by atoms with E-state index in [0.29, 0.717) is 23.1 Å². The van der Waals surface area contributed by atoms with E-state index >= 15 is 0 Å². The summed E-state index contributed by atoms with van der Waals surface area (Å²) in [6.07, 6.45) is 2.08. The van der Waals surface area contributed by atoms with Gasteiger partial charge in [-0.15, -0.1) is 10.2 Å². The van der Waals surface area contributed by atoms with Gasteiger partial charge in [0.15, 0.2) is 11.2 Å². The molecule has 9 heteroatoms. The molecule has 0 bridgehead atoms. The predicted molar refractivity (Wildman–Crippen MR) is 122 cm³/mol. The molecule has 0 saturated heterocycles. The van der Waals surface area contributed by atoms with Gasteiger partial charge in [-0.3, -0.25) is 15.0 Å². The molecule has 5 rings (SSSR count). The molecule has 2 aromatic carbocycles. The van der Waals surface area contributed by atoms with Gasteiger partial charge in [-0.05, 0) is 48.7 Å². The number of rotatable bonds is 4. The third-order valence-electron chi connectivity index (χ3n) is 5.53. The maximum atomic E-state index is 13.4. The number of nitrogens with zero attached hydrogens (tertiary/aromatic N) is 5. The summed E-state index contributed by atoms with van der Waals surface area (Å²) in [5.74, 6) is -0.743. The van der Waals surface area contributed by atoms with E-state index in [4.69, 9.17) is 0 Å². The predicted octanol–water partition coefficient (Wildman–Crippen LogP) is 3.50. The van der Waals surface area contributed by atoms with Crippen LogP contribution < -0.4 is 11.0 Å². The molecule has 0 aliphatic heterocycles. The zero-order valence-corrected chi connectivity index (χ0v) is 17.9. The standard InChI is InChI=1S/C24H19FN6O2/c1-3-18-20(15-8-10-16(25)11-9-15)22-27-26-21-19(31(22)28-18)12-13-30(24(21)33)29-23(32)17-7-5-4-6-14(17)2/h4-13H,3H2,1-2H3,(H,29,32). The number of aromatic nitrogens is 5. The van der Waals surface area contributed by atoms with Crippen LogP contribution in [-0.2, 0) is 6.42 Å². The van der Waals surface area contributed by atoms with Crippen LogP contribution in [0.25, 0.3) is 27.8 Å². The van der Waals surface area contributed by atoms with E-state index in [9.17, 15) is 14.0 Å². The molecule has 0 spiro atoms. The van der Waals surface area contributed by atoms with Crippen molar-refractivity contribution in [1.82, 2.24) is 24.5 Å². The number of carbonyl (C=O) groups excluding carboxylic acids is 1. The van der Waals surface area contributed by atoms with Gasteiger partial charge in [-0.2, -0.15) is 5.10 Å². The summed E-state index contributed by atoms with van der Waals surface area (Å²) in [5.41, 5.74) is 6.56. The lowest BCUT2D eigenvalue weighted by Crippen LogP contribution is -2.33. The quantitative estimate of drug-likeness (QED) is 0.460. The Morgan fingerprint density at radius 1 is 1.06 bits per heavy atom. The minimum Gasteiger partial charge on any atom is -0.267 e. The van der Waals surface area contributed by atoms with Gasteiger partial charge in [0, 0.05) is 11.8 Å². The smallest absolute Gasteiger partial charge is 0.267 e. The molecule has 0 atom stereocenters. The van der Waals surface area contributed by atoms with Crippen molar-refractivity contribution in [1.29, 1.82) is 0 Å². The van der Waals surface area contributed by atoms with Gasteiger partial charge in [0.25, 0.3) is 11.5 Å². The summed E-state index contributed by atoms with van der Waals surface area (Å²) >= 11 is 0. The molecule has 0 aliphatic carbocycles. The summed E-state index contributed by atoms with van der Waals surface area (Å²) in [7, 11) is 0. The summed E-state index contributed by atoms with van der Waals surface area (Å²) in [4.78, 5) is 25.7. The van der Waals surface area contributed by atoms with Gasteiger partial charge in [0.1, 0.15) is 11.3 Å². The van der Waals surface area contributed by atoms with E-state index in [0.717, 1.165) is 27.1 Å². The number of halogens is 1. The second-order valence-electron chi connectivity index (χ2n) is 7.60. The second kappa shape index (κ2) is 7.94. The molecule has 33 heavy (non-hydrogen) atoms. The highest BCUT2D eigenvalue weighted by Crippen LogP contribution is 2.29. The highest BCUT2D eigenvalue weighted by molar-refractivity contribution is 6.01. The molecule has 0 radical (unpaired) electrons. The minimum absolute atomic E-state index is 0.0610.